The molecular formula is C14H16BrF3N2O. The van der Waals surface area contributed by atoms with Gasteiger partial charge in [-0.25, -0.2) is 0 Å². The van der Waals surface area contributed by atoms with Crippen LogP contribution in [-0.4, -0.2) is 30.4 Å². The fourth-order valence-corrected chi connectivity index (χ4v) is 2.69. The number of rotatable bonds is 3. The second-order valence-corrected chi connectivity index (χ2v) is 5.90. The Hall–Kier alpha value is -1.24. The molecule has 1 fully saturated rings. The standard InChI is InChI=1S/C14H16BrF3N2O/c15-10-4-5-12(11(8-10)14(16,17)18)19-9-13(21)20-6-2-1-3-7-20/h4-5,8,19H,1-3,6-7,9H2. The zero-order valence-electron chi connectivity index (χ0n) is 11.3. The first kappa shape index (κ1) is 16.1. The Kier molecular flexibility index (Phi) is 5.13. The Morgan fingerprint density at radius 3 is 2.52 bits per heavy atom. The molecule has 1 N–H and O–H groups in total. The molecule has 1 aromatic rings. The van der Waals surface area contributed by atoms with Gasteiger partial charge in [-0.15, -0.1) is 0 Å². The molecule has 0 aliphatic carbocycles. The Morgan fingerprint density at radius 1 is 1.24 bits per heavy atom. The molecule has 0 radical (unpaired) electrons. The summed E-state index contributed by atoms with van der Waals surface area (Å²) in [7, 11) is 0. The van der Waals surface area contributed by atoms with Crippen LogP contribution in [0.2, 0.25) is 0 Å². The summed E-state index contributed by atoms with van der Waals surface area (Å²) in [6.07, 6.45) is -1.45. The summed E-state index contributed by atoms with van der Waals surface area (Å²) in [6.45, 7) is 1.25. The minimum atomic E-state index is -4.46. The number of hydrogen-bond donors (Lipinski definition) is 1. The number of nitrogens with one attached hydrogen (secondary N) is 1. The zero-order valence-corrected chi connectivity index (χ0v) is 12.9. The monoisotopic (exact) mass is 364 g/mol. The lowest BCUT2D eigenvalue weighted by molar-refractivity contribution is -0.137. The van der Waals surface area contributed by atoms with E-state index < -0.39 is 11.7 Å². The molecule has 0 spiro atoms. The van der Waals surface area contributed by atoms with Crippen molar-refractivity contribution in [3.05, 3.63) is 28.2 Å². The summed E-state index contributed by atoms with van der Waals surface area (Å²) in [5, 5.41) is 2.61. The number of piperidine rings is 1. The lowest BCUT2D eigenvalue weighted by Crippen LogP contribution is -2.39. The minimum absolute atomic E-state index is 0.0731. The number of benzene rings is 1. The van der Waals surface area contributed by atoms with Crippen LogP contribution >= 0.6 is 15.9 Å². The third-order valence-electron chi connectivity index (χ3n) is 3.43. The maximum absolute atomic E-state index is 13.0. The van der Waals surface area contributed by atoms with Crippen LogP contribution in [-0.2, 0) is 11.0 Å². The van der Waals surface area contributed by atoms with Gasteiger partial charge in [0, 0.05) is 23.2 Å². The molecule has 1 saturated heterocycles. The highest BCUT2D eigenvalue weighted by Crippen LogP contribution is 2.36. The largest absolute Gasteiger partial charge is 0.418 e. The molecule has 116 valence electrons. The van der Waals surface area contributed by atoms with Crippen molar-refractivity contribution in [2.75, 3.05) is 25.0 Å². The first-order valence-electron chi connectivity index (χ1n) is 6.76. The number of halogens is 4. The predicted octanol–water partition coefficient (Wildman–Crippen LogP) is 3.89. The second-order valence-electron chi connectivity index (χ2n) is 4.98. The first-order chi connectivity index (χ1) is 9.88. The van der Waals surface area contributed by atoms with Crippen LogP contribution in [0.4, 0.5) is 18.9 Å². The van der Waals surface area contributed by atoms with Crippen molar-refractivity contribution in [1.82, 2.24) is 4.90 Å². The molecule has 1 amide bonds. The molecule has 1 aromatic carbocycles. The highest BCUT2D eigenvalue weighted by Gasteiger charge is 2.33. The Bertz CT molecular complexity index is 513. The van der Waals surface area contributed by atoms with Crippen LogP contribution in [0.3, 0.4) is 0 Å². The number of alkyl halides is 3. The SMILES string of the molecule is O=C(CNc1ccc(Br)cc1C(F)(F)F)N1CCCCC1. The van der Waals surface area contributed by atoms with Crippen LogP contribution in [0.1, 0.15) is 24.8 Å². The highest BCUT2D eigenvalue weighted by molar-refractivity contribution is 9.10. The van der Waals surface area contributed by atoms with E-state index >= 15 is 0 Å². The number of amides is 1. The van der Waals surface area contributed by atoms with E-state index in [1.54, 1.807) is 4.90 Å². The third kappa shape index (κ3) is 4.36. The lowest BCUT2D eigenvalue weighted by atomic mass is 10.1. The molecule has 7 heteroatoms. The summed E-state index contributed by atoms with van der Waals surface area (Å²) < 4.78 is 39.2. The van der Waals surface area contributed by atoms with E-state index in [9.17, 15) is 18.0 Å². The topological polar surface area (TPSA) is 32.3 Å². The van der Waals surface area contributed by atoms with E-state index in [4.69, 9.17) is 0 Å². The van der Waals surface area contributed by atoms with Crippen molar-refractivity contribution in [3.63, 3.8) is 0 Å². The number of nitrogens with zero attached hydrogens (tertiary/aromatic N) is 1. The summed E-state index contributed by atoms with van der Waals surface area (Å²) >= 11 is 3.03. The fraction of sp³-hybridized carbons (Fsp3) is 0.500. The highest BCUT2D eigenvalue weighted by atomic mass is 79.9. The van der Waals surface area contributed by atoms with Gasteiger partial charge in [0.05, 0.1) is 12.1 Å². The van der Waals surface area contributed by atoms with E-state index in [0.717, 1.165) is 25.3 Å². The third-order valence-corrected chi connectivity index (χ3v) is 3.92. The molecule has 0 bridgehead atoms. The summed E-state index contributed by atoms with van der Waals surface area (Å²) in [5.74, 6) is -0.161. The second kappa shape index (κ2) is 6.68. The fourth-order valence-electron chi connectivity index (χ4n) is 2.33. The van der Waals surface area contributed by atoms with Crippen LogP contribution in [0.25, 0.3) is 0 Å². The van der Waals surface area contributed by atoms with E-state index in [0.29, 0.717) is 17.6 Å². The summed E-state index contributed by atoms with van der Waals surface area (Å²) in [4.78, 5) is 13.7. The van der Waals surface area contributed by atoms with Crippen molar-refractivity contribution >= 4 is 27.5 Å². The van der Waals surface area contributed by atoms with Gasteiger partial charge in [0.25, 0.3) is 0 Å². The minimum Gasteiger partial charge on any atom is -0.376 e. The van der Waals surface area contributed by atoms with Crippen LogP contribution in [0.15, 0.2) is 22.7 Å². The van der Waals surface area contributed by atoms with Gasteiger partial charge in [-0.2, -0.15) is 13.2 Å². The maximum atomic E-state index is 13.0. The number of hydrogen-bond acceptors (Lipinski definition) is 2. The Balaban J connectivity index is 2.04. The van der Waals surface area contributed by atoms with Crippen molar-refractivity contribution in [2.24, 2.45) is 0 Å². The maximum Gasteiger partial charge on any atom is 0.418 e. The van der Waals surface area contributed by atoms with E-state index in [-0.39, 0.29) is 18.1 Å². The van der Waals surface area contributed by atoms with E-state index in [2.05, 4.69) is 21.2 Å². The molecule has 1 aliphatic rings. The molecule has 0 atom stereocenters. The number of carbonyl (C=O) groups excluding carboxylic acids is 1. The van der Waals surface area contributed by atoms with Crippen molar-refractivity contribution in [2.45, 2.75) is 25.4 Å². The summed E-state index contributed by atoms with van der Waals surface area (Å²) in [5.41, 5.74) is -0.848. The van der Waals surface area contributed by atoms with Gasteiger partial charge in [0.15, 0.2) is 0 Å². The number of likely N-dealkylation sites (tertiary alicyclic amines) is 1. The van der Waals surface area contributed by atoms with E-state index in [1.807, 2.05) is 0 Å². The number of carbonyl (C=O) groups is 1. The van der Waals surface area contributed by atoms with Crippen LogP contribution in [0, 0.1) is 0 Å². The van der Waals surface area contributed by atoms with Crippen molar-refractivity contribution in [1.29, 1.82) is 0 Å². The average molecular weight is 365 g/mol. The lowest BCUT2D eigenvalue weighted by Gasteiger charge is -2.27. The van der Waals surface area contributed by atoms with E-state index in [1.165, 1.54) is 12.1 Å². The molecule has 1 aliphatic heterocycles. The van der Waals surface area contributed by atoms with Gasteiger partial charge >= 0.3 is 6.18 Å². The predicted molar refractivity (Wildman–Crippen MR) is 78.1 cm³/mol. The Morgan fingerprint density at radius 2 is 1.90 bits per heavy atom. The first-order valence-corrected chi connectivity index (χ1v) is 7.55. The van der Waals surface area contributed by atoms with Crippen molar-refractivity contribution < 1.29 is 18.0 Å². The Labute approximate surface area is 129 Å². The van der Waals surface area contributed by atoms with Gasteiger partial charge < -0.3 is 10.2 Å². The molecule has 21 heavy (non-hydrogen) atoms. The van der Waals surface area contributed by atoms with Gasteiger partial charge in [-0.05, 0) is 37.5 Å². The molecule has 0 aromatic heterocycles. The normalized spacial score (nSPS) is 15.9. The van der Waals surface area contributed by atoms with Crippen LogP contribution in [0.5, 0.6) is 0 Å². The quantitative estimate of drug-likeness (QED) is 0.882. The van der Waals surface area contributed by atoms with Gasteiger partial charge in [0.1, 0.15) is 0 Å². The van der Waals surface area contributed by atoms with Gasteiger partial charge in [-0.1, -0.05) is 15.9 Å². The zero-order chi connectivity index (χ0) is 15.5. The van der Waals surface area contributed by atoms with Crippen LogP contribution < -0.4 is 5.32 Å². The molecule has 2 rings (SSSR count). The number of anilines is 1. The molecule has 0 unspecified atom stereocenters. The molecule has 1 heterocycles. The van der Waals surface area contributed by atoms with Gasteiger partial charge in [-0.3, -0.25) is 4.79 Å². The average Bonchev–Trinajstić information content (AvgIpc) is 2.45. The smallest absolute Gasteiger partial charge is 0.376 e. The van der Waals surface area contributed by atoms with Gasteiger partial charge in [0.2, 0.25) is 5.91 Å². The summed E-state index contributed by atoms with van der Waals surface area (Å²) in [6, 6.07) is 3.85. The van der Waals surface area contributed by atoms with Crippen molar-refractivity contribution in [3.8, 4) is 0 Å². The molecular weight excluding hydrogens is 349 g/mol. The molecule has 3 nitrogen and oxygen atoms in total. The molecule has 0 saturated carbocycles.